The molecule has 0 aliphatic rings. The SMILES string of the molecule is COCCOCCNc1cn[nH]c(=O)c1. The van der Waals surface area contributed by atoms with Gasteiger partial charge in [-0.25, -0.2) is 5.10 Å². The molecule has 1 heterocycles. The molecule has 0 amide bonds. The van der Waals surface area contributed by atoms with Gasteiger partial charge in [0.15, 0.2) is 0 Å². The number of hydrogen-bond donors (Lipinski definition) is 2. The van der Waals surface area contributed by atoms with E-state index in [0.29, 0.717) is 32.1 Å². The van der Waals surface area contributed by atoms with Gasteiger partial charge in [-0.1, -0.05) is 0 Å². The van der Waals surface area contributed by atoms with Crippen molar-refractivity contribution >= 4 is 5.69 Å². The second kappa shape index (κ2) is 6.97. The van der Waals surface area contributed by atoms with Crippen LogP contribution in [0.3, 0.4) is 0 Å². The smallest absolute Gasteiger partial charge is 0.266 e. The van der Waals surface area contributed by atoms with E-state index >= 15 is 0 Å². The summed E-state index contributed by atoms with van der Waals surface area (Å²) in [4.78, 5) is 10.9. The summed E-state index contributed by atoms with van der Waals surface area (Å²) in [6, 6.07) is 1.45. The number of aromatic amines is 1. The molecule has 0 radical (unpaired) electrons. The van der Waals surface area contributed by atoms with Gasteiger partial charge in [-0.15, -0.1) is 0 Å². The molecule has 15 heavy (non-hydrogen) atoms. The summed E-state index contributed by atoms with van der Waals surface area (Å²) in [7, 11) is 1.63. The van der Waals surface area contributed by atoms with Crippen LogP contribution in [0, 0.1) is 0 Å². The van der Waals surface area contributed by atoms with Gasteiger partial charge in [-0.3, -0.25) is 4.79 Å². The normalized spacial score (nSPS) is 10.2. The highest BCUT2D eigenvalue weighted by Gasteiger charge is 1.93. The van der Waals surface area contributed by atoms with Gasteiger partial charge >= 0.3 is 0 Å². The van der Waals surface area contributed by atoms with E-state index in [0.717, 1.165) is 0 Å². The monoisotopic (exact) mass is 213 g/mol. The quantitative estimate of drug-likeness (QED) is 0.616. The van der Waals surface area contributed by atoms with Gasteiger partial charge in [-0.05, 0) is 0 Å². The molecule has 0 atom stereocenters. The summed E-state index contributed by atoms with van der Waals surface area (Å²) in [6.45, 7) is 2.36. The van der Waals surface area contributed by atoms with Gasteiger partial charge < -0.3 is 14.8 Å². The van der Waals surface area contributed by atoms with E-state index in [1.165, 1.54) is 6.07 Å². The number of rotatable bonds is 7. The van der Waals surface area contributed by atoms with Gasteiger partial charge in [0.25, 0.3) is 5.56 Å². The van der Waals surface area contributed by atoms with Gasteiger partial charge in [-0.2, -0.15) is 5.10 Å². The molecule has 0 aliphatic carbocycles. The Morgan fingerprint density at radius 3 is 3.07 bits per heavy atom. The number of nitrogens with one attached hydrogen (secondary N) is 2. The minimum absolute atomic E-state index is 0.222. The van der Waals surface area contributed by atoms with Gasteiger partial charge in [0, 0.05) is 19.7 Å². The molecule has 0 fully saturated rings. The van der Waals surface area contributed by atoms with E-state index in [1.807, 2.05) is 0 Å². The first-order chi connectivity index (χ1) is 7.33. The molecule has 1 aromatic heterocycles. The van der Waals surface area contributed by atoms with Crippen LogP contribution in [-0.4, -0.2) is 43.7 Å². The Kier molecular flexibility index (Phi) is 5.42. The van der Waals surface area contributed by atoms with Crippen LogP contribution < -0.4 is 10.9 Å². The lowest BCUT2D eigenvalue weighted by Crippen LogP contribution is -2.14. The second-order valence-electron chi connectivity index (χ2n) is 2.87. The first-order valence-corrected chi connectivity index (χ1v) is 4.68. The van der Waals surface area contributed by atoms with Crippen molar-refractivity contribution in [2.45, 2.75) is 0 Å². The predicted molar refractivity (Wildman–Crippen MR) is 56.0 cm³/mol. The van der Waals surface area contributed by atoms with Crippen molar-refractivity contribution < 1.29 is 9.47 Å². The zero-order valence-electron chi connectivity index (χ0n) is 8.66. The molecule has 1 rings (SSSR count). The highest BCUT2D eigenvalue weighted by atomic mass is 16.5. The number of hydrogen-bond acceptors (Lipinski definition) is 5. The number of anilines is 1. The Labute approximate surface area is 87.6 Å². The van der Waals surface area contributed by atoms with Crippen LogP contribution in [0.15, 0.2) is 17.1 Å². The summed E-state index contributed by atoms with van der Waals surface area (Å²) in [5.41, 5.74) is 0.467. The molecule has 0 bridgehead atoms. The minimum Gasteiger partial charge on any atom is -0.382 e. The molecule has 0 unspecified atom stereocenters. The standard InChI is InChI=1S/C9H15N3O3/c1-14-4-5-15-3-2-10-8-6-9(13)12-11-7-8/h6-7H,2-5H2,1H3,(H2,10,12,13). The summed E-state index contributed by atoms with van der Waals surface area (Å²) >= 11 is 0. The molecule has 0 aliphatic heterocycles. The third-order valence-electron chi connectivity index (χ3n) is 1.67. The Balaban J connectivity index is 2.12. The number of aromatic nitrogens is 2. The van der Waals surface area contributed by atoms with Crippen molar-refractivity contribution in [2.24, 2.45) is 0 Å². The average molecular weight is 213 g/mol. The molecule has 6 nitrogen and oxygen atoms in total. The lowest BCUT2D eigenvalue weighted by Gasteiger charge is -2.05. The molecule has 2 N–H and O–H groups in total. The maximum absolute atomic E-state index is 10.9. The Morgan fingerprint density at radius 1 is 1.47 bits per heavy atom. The topological polar surface area (TPSA) is 76.2 Å². The molecular formula is C9H15N3O3. The van der Waals surface area contributed by atoms with Gasteiger partial charge in [0.1, 0.15) is 0 Å². The largest absolute Gasteiger partial charge is 0.382 e. The summed E-state index contributed by atoms with van der Waals surface area (Å²) in [5.74, 6) is 0. The van der Waals surface area contributed by atoms with E-state index < -0.39 is 0 Å². The fourth-order valence-electron chi connectivity index (χ4n) is 0.985. The van der Waals surface area contributed by atoms with Crippen LogP contribution in [0.1, 0.15) is 0 Å². The molecule has 0 spiro atoms. The Morgan fingerprint density at radius 2 is 2.33 bits per heavy atom. The average Bonchev–Trinajstić information content (AvgIpc) is 2.23. The fourth-order valence-corrected chi connectivity index (χ4v) is 0.985. The predicted octanol–water partition coefficient (Wildman–Crippen LogP) is -0.155. The molecule has 84 valence electrons. The van der Waals surface area contributed by atoms with Gasteiger partial charge in [0.05, 0.1) is 31.7 Å². The molecule has 0 saturated carbocycles. The maximum Gasteiger partial charge on any atom is 0.266 e. The summed E-state index contributed by atoms with van der Waals surface area (Å²) in [5, 5.41) is 8.96. The zero-order valence-corrected chi connectivity index (χ0v) is 8.66. The number of nitrogens with zero attached hydrogens (tertiary/aromatic N) is 1. The first kappa shape index (κ1) is 11.7. The van der Waals surface area contributed by atoms with Crippen LogP contribution in [0.25, 0.3) is 0 Å². The van der Waals surface area contributed by atoms with Crippen molar-refractivity contribution in [1.82, 2.24) is 10.2 Å². The minimum atomic E-state index is -0.222. The fraction of sp³-hybridized carbons (Fsp3) is 0.556. The van der Waals surface area contributed by atoms with Crippen molar-refractivity contribution in [3.8, 4) is 0 Å². The van der Waals surface area contributed by atoms with E-state index in [2.05, 4.69) is 15.5 Å². The highest BCUT2D eigenvalue weighted by Crippen LogP contribution is 1.96. The second-order valence-corrected chi connectivity index (χ2v) is 2.87. The van der Waals surface area contributed by atoms with Crippen molar-refractivity contribution in [3.05, 3.63) is 22.6 Å². The van der Waals surface area contributed by atoms with E-state index in [1.54, 1.807) is 13.3 Å². The highest BCUT2D eigenvalue weighted by molar-refractivity contribution is 5.38. The molecule has 6 heteroatoms. The molecule has 0 saturated heterocycles. The van der Waals surface area contributed by atoms with Crippen molar-refractivity contribution in [1.29, 1.82) is 0 Å². The Bertz CT molecular complexity index is 326. The summed E-state index contributed by atoms with van der Waals surface area (Å²) in [6.07, 6.45) is 1.55. The van der Waals surface area contributed by atoms with Crippen molar-refractivity contribution in [2.75, 3.05) is 38.8 Å². The Hall–Kier alpha value is -1.40. The molecule has 1 aromatic rings. The van der Waals surface area contributed by atoms with Gasteiger partial charge in [0.2, 0.25) is 0 Å². The van der Waals surface area contributed by atoms with Crippen LogP contribution in [0.5, 0.6) is 0 Å². The van der Waals surface area contributed by atoms with Crippen molar-refractivity contribution in [3.63, 3.8) is 0 Å². The molecular weight excluding hydrogens is 198 g/mol. The number of ether oxygens (including phenoxy) is 2. The molecule has 0 aromatic carbocycles. The van der Waals surface area contributed by atoms with Crippen LogP contribution in [0.2, 0.25) is 0 Å². The number of H-pyrrole nitrogens is 1. The van der Waals surface area contributed by atoms with E-state index in [4.69, 9.17) is 9.47 Å². The lowest BCUT2D eigenvalue weighted by atomic mass is 10.4. The first-order valence-electron chi connectivity index (χ1n) is 4.68. The van der Waals surface area contributed by atoms with E-state index in [-0.39, 0.29) is 5.56 Å². The van der Waals surface area contributed by atoms with Crippen LogP contribution in [0.4, 0.5) is 5.69 Å². The number of methoxy groups -OCH3 is 1. The maximum atomic E-state index is 10.9. The third-order valence-corrected chi connectivity index (χ3v) is 1.67. The third kappa shape index (κ3) is 5.14. The lowest BCUT2D eigenvalue weighted by molar-refractivity contribution is 0.0759. The summed E-state index contributed by atoms with van der Waals surface area (Å²) < 4.78 is 10.1. The van der Waals surface area contributed by atoms with Crippen LogP contribution in [-0.2, 0) is 9.47 Å². The van der Waals surface area contributed by atoms with E-state index in [9.17, 15) is 4.79 Å². The van der Waals surface area contributed by atoms with Crippen LogP contribution >= 0.6 is 0 Å². The zero-order chi connectivity index (χ0) is 10.9.